The summed E-state index contributed by atoms with van der Waals surface area (Å²) in [4.78, 5) is 1.19. The van der Waals surface area contributed by atoms with Crippen LogP contribution in [0.3, 0.4) is 0 Å². The van der Waals surface area contributed by atoms with Gasteiger partial charge >= 0.3 is 0 Å². The van der Waals surface area contributed by atoms with Crippen LogP contribution in [0, 0.1) is 0 Å². The number of hydrogen-bond acceptors (Lipinski definition) is 2. The molecule has 3 aromatic rings. The van der Waals surface area contributed by atoms with Gasteiger partial charge in [0.1, 0.15) is 0 Å². The van der Waals surface area contributed by atoms with Gasteiger partial charge in [0.2, 0.25) is 0 Å². The first kappa shape index (κ1) is 20.7. The van der Waals surface area contributed by atoms with Gasteiger partial charge in [0.05, 0.1) is 0 Å². The topological polar surface area (TPSA) is 17.1 Å². The van der Waals surface area contributed by atoms with E-state index in [0.717, 1.165) is 29.2 Å². The Labute approximate surface area is 173 Å². The molecule has 3 aromatic carbocycles. The molecule has 0 aromatic heterocycles. The Hall–Kier alpha value is -2.02. The fourth-order valence-corrected chi connectivity index (χ4v) is 7.11. The predicted molar refractivity (Wildman–Crippen MR) is 125 cm³/mol. The van der Waals surface area contributed by atoms with Crippen LogP contribution in [-0.2, 0) is 11.0 Å². The highest BCUT2D eigenvalue weighted by Gasteiger charge is 2.25. The maximum absolute atomic E-state index is 14.4. The highest BCUT2D eigenvalue weighted by atomic mass is 32.2. The van der Waals surface area contributed by atoms with E-state index >= 15 is 0 Å². The Morgan fingerprint density at radius 2 is 1.32 bits per heavy atom. The van der Waals surface area contributed by atoms with Crippen molar-refractivity contribution < 1.29 is 4.57 Å². The van der Waals surface area contributed by atoms with E-state index in [9.17, 15) is 4.57 Å². The van der Waals surface area contributed by atoms with Crippen LogP contribution >= 0.6 is 18.9 Å². The van der Waals surface area contributed by atoms with Gasteiger partial charge in [-0.2, -0.15) is 0 Å². The van der Waals surface area contributed by atoms with Crippen molar-refractivity contribution in [1.82, 2.24) is 0 Å². The largest absolute Gasteiger partial charge is 0.309 e. The minimum absolute atomic E-state index is 0.818. The molecule has 0 unspecified atom stereocenters. The lowest BCUT2D eigenvalue weighted by molar-refractivity contribution is 0.592. The molecule has 0 radical (unpaired) electrons. The molecule has 144 valence electrons. The third kappa shape index (κ3) is 5.50. The minimum Gasteiger partial charge on any atom is -0.309 e. The smallest absolute Gasteiger partial charge is 0.164 e. The molecule has 0 spiro atoms. The van der Waals surface area contributed by atoms with E-state index in [1.165, 1.54) is 16.9 Å². The van der Waals surface area contributed by atoms with Gasteiger partial charge < -0.3 is 4.57 Å². The Kier molecular flexibility index (Phi) is 7.77. The van der Waals surface area contributed by atoms with Crippen molar-refractivity contribution in [2.24, 2.45) is 0 Å². The second-order valence-electron chi connectivity index (χ2n) is 6.79. The van der Waals surface area contributed by atoms with Crippen molar-refractivity contribution in [2.75, 3.05) is 5.75 Å². The average molecular weight is 407 g/mol. The normalized spacial score (nSPS) is 12.1. The standard InChI is InChI=1S/C25H27OPS/c1-2-3-19-28-25(20-22-13-7-4-8-14-22)21-27(26,23-15-9-5-10-16-23)24-17-11-6-12-18-24/h4-18,21H,2-3,19-20H2,1H3/b25-21-. The molecule has 0 saturated carbocycles. The first-order chi connectivity index (χ1) is 13.7. The van der Waals surface area contributed by atoms with Crippen molar-refractivity contribution >= 4 is 29.5 Å². The molecular weight excluding hydrogens is 379 g/mol. The van der Waals surface area contributed by atoms with E-state index in [1.54, 1.807) is 0 Å². The molecule has 0 bridgehead atoms. The third-order valence-electron chi connectivity index (χ3n) is 4.61. The van der Waals surface area contributed by atoms with Crippen LogP contribution in [0.15, 0.2) is 102 Å². The van der Waals surface area contributed by atoms with E-state index in [2.05, 4.69) is 37.0 Å². The number of unbranched alkanes of at least 4 members (excludes halogenated alkanes) is 1. The zero-order valence-corrected chi connectivity index (χ0v) is 18.0. The molecule has 0 atom stereocenters. The first-order valence-electron chi connectivity index (χ1n) is 9.82. The lowest BCUT2D eigenvalue weighted by atomic mass is 10.1. The van der Waals surface area contributed by atoms with Crippen LogP contribution in [-0.4, -0.2) is 5.75 Å². The van der Waals surface area contributed by atoms with E-state index < -0.39 is 7.14 Å². The van der Waals surface area contributed by atoms with Crippen LogP contribution in [0.2, 0.25) is 0 Å². The summed E-state index contributed by atoms with van der Waals surface area (Å²) in [5.74, 6) is 3.11. The highest BCUT2D eigenvalue weighted by Crippen LogP contribution is 2.47. The molecule has 0 amide bonds. The Morgan fingerprint density at radius 3 is 1.82 bits per heavy atom. The quantitative estimate of drug-likeness (QED) is 0.293. The average Bonchev–Trinajstić information content (AvgIpc) is 2.76. The maximum Gasteiger partial charge on any atom is 0.164 e. The van der Waals surface area contributed by atoms with Gasteiger partial charge in [-0.1, -0.05) is 104 Å². The van der Waals surface area contributed by atoms with Crippen LogP contribution in [0.4, 0.5) is 0 Å². The van der Waals surface area contributed by atoms with Crippen LogP contribution in [0.1, 0.15) is 25.3 Å². The summed E-state index contributed by atoms with van der Waals surface area (Å²) in [5.41, 5.74) is 1.26. The van der Waals surface area contributed by atoms with E-state index in [4.69, 9.17) is 0 Å². The minimum atomic E-state index is -2.85. The first-order valence-corrected chi connectivity index (χ1v) is 12.6. The summed E-state index contributed by atoms with van der Waals surface area (Å²) >= 11 is 1.85. The fourth-order valence-electron chi connectivity index (χ4n) is 3.08. The van der Waals surface area contributed by atoms with E-state index in [1.807, 2.05) is 78.5 Å². The van der Waals surface area contributed by atoms with Gasteiger partial charge in [0, 0.05) is 17.0 Å². The van der Waals surface area contributed by atoms with Crippen LogP contribution < -0.4 is 10.6 Å². The summed E-state index contributed by atoms with van der Waals surface area (Å²) in [7, 11) is -2.85. The molecule has 1 nitrogen and oxygen atoms in total. The molecule has 0 aliphatic rings. The zero-order chi connectivity index (χ0) is 19.7. The Balaban J connectivity index is 2.04. The summed E-state index contributed by atoms with van der Waals surface area (Å²) in [5, 5.41) is 1.78. The van der Waals surface area contributed by atoms with Crippen molar-refractivity contribution in [1.29, 1.82) is 0 Å². The SMILES string of the molecule is CCCCS/C(=C\P(=O)(c1ccccc1)c1ccccc1)Cc1ccccc1. The van der Waals surface area contributed by atoms with Crippen LogP contribution in [0.25, 0.3) is 0 Å². The molecule has 0 N–H and O–H groups in total. The maximum atomic E-state index is 14.4. The van der Waals surface area contributed by atoms with Gasteiger partial charge in [0.15, 0.2) is 7.14 Å². The molecular formula is C25H27OPS. The number of benzene rings is 3. The molecule has 3 heteroatoms. The zero-order valence-electron chi connectivity index (χ0n) is 16.3. The molecule has 3 rings (SSSR count). The fraction of sp³-hybridized carbons (Fsp3) is 0.200. The lowest BCUT2D eigenvalue weighted by Crippen LogP contribution is -2.14. The number of rotatable bonds is 9. The second-order valence-corrected chi connectivity index (χ2v) is 10.6. The van der Waals surface area contributed by atoms with Crippen molar-refractivity contribution in [3.05, 3.63) is 107 Å². The molecule has 0 aliphatic heterocycles. The molecule has 28 heavy (non-hydrogen) atoms. The number of hydrogen-bond donors (Lipinski definition) is 0. The molecule has 0 saturated heterocycles. The summed E-state index contributed by atoms with van der Waals surface area (Å²) in [6.07, 6.45) is 3.15. The van der Waals surface area contributed by atoms with Crippen molar-refractivity contribution in [2.45, 2.75) is 26.2 Å². The third-order valence-corrected chi connectivity index (χ3v) is 8.72. The number of allylic oxidation sites excluding steroid dienone is 1. The predicted octanol–water partition coefficient (Wildman–Crippen LogP) is 6.62. The Bertz CT molecular complexity index is 877. The van der Waals surface area contributed by atoms with Crippen LogP contribution in [0.5, 0.6) is 0 Å². The Morgan fingerprint density at radius 1 is 0.821 bits per heavy atom. The molecule has 0 fully saturated rings. The van der Waals surface area contributed by atoms with Gasteiger partial charge in [0.25, 0.3) is 0 Å². The monoisotopic (exact) mass is 406 g/mol. The second kappa shape index (κ2) is 10.5. The summed E-state index contributed by atoms with van der Waals surface area (Å²) in [6.45, 7) is 2.21. The van der Waals surface area contributed by atoms with E-state index in [-0.39, 0.29) is 0 Å². The number of thioether (sulfide) groups is 1. The molecule has 0 aliphatic carbocycles. The van der Waals surface area contributed by atoms with E-state index in [0.29, 0.717) is 0 Å². The van der Waals surface area contributed by atoms with Gasteiger partial charge in [-0.15, -0.1) is 11.8 Å². The van der Waals surface area contributed by atoms with Gasteiger partial charge in [-0.25, -0.2) is 0 Å². The van der Waals surface area contributed by atoms with Crippen molar-refractivity contribution in [3.63, 3.8) is 0 Å². The summed E-state index contributed by atoms with van der Waals surface area (Å²) < 4.78 is 14.4. The van der Waals surface area contributed by atoms with Gasteiger partial charge in [-0.05, 0) is 28.5 Å². The van der Waals surface area contributed by atoms with Gasteiger partial charge in [-0.3, -0.25) is 0 Å². The molecule has 0 heterocycles. The van der Waals surface area contributed by atoms with Crippen molar-refractivity contribution in [3.8, 4) is 0 Å². The summed E-state index contributed by atoms with van der Waals surface area (Å²) in [6, 6.07) is 30.2. The lowest BCUT2D eigenvalue weighted by Gasteiger charge is -2.18. The highest BCUT2D eigenvalue weighted by molar-refractivity contribution is 8.03.